The number of nitrogens with zero attached hydrogens (tertiary/aromatic N) is 1. The molecule has 5 heteroatoms. The SMILES string of the molecule is CCN(CC)c1cccc(OCCCCC(=O)NN)c1. The van der Waals surface area contributed by atoms with Crippen LogP contribution < -0.4 is 20.9 Å². The minimum absolute atomic E-state index is 0.131. The van der Waals surface area contributed by atoms with Crippen LogP contribution in [0.25, 0.3) is 0 Å². The monoisotopic (exact) mass is 279 g/mol. The molecule has 3 N–H and O–H groups in total. The molecule has 0 bridgehead atoms. The summed E-state index contributed by atoms with van der Waals surface area (Å²) in [5.41, 5.74) is 3.30. The van der Waals surface area contributed by atoms with Gasteiger partial charge in [-0.05, 0) is 38.8 Å². The molecule has 0 heterocycles. The Kier molecular flexibility index (Phi) is 7.50. The van der Waals surface area contributed by atoms with E-state index in [1.807, 2.05) is 12.1 Å². The average Bonchev–Trinajstić information content (AvgIpc) is 2.48. The van der Waals surface area contributed by atoms with E-state index in [1.54, 1.807) is 0 Å². The molecule has 20 heavy (non-hydrogen) atoms. The predicted molar refractivity (Wildman–Crippen MR) is 81.7 cm³/mol. The molecule has 0 spiro atoms. The van der Waals surface area contributed by atoms with Crippen LogP contribution in [0.5, 0.6) is 5.75 Å². The first-order valence-electron chi connectivity index (χ1n) is 7.18. The number of nitrogens with two attached hydrogens (primary N) is 1. The van der Waals surface area contributed by atoms with Gasteiger partial charge >= 0.3 is 0 Å². The molecule has 5 nitrogen and oxygen atoms in total. The number of hydrazine groups is 1. The van der Waals surface area contributed by atoms with Crippen molar-refractivity contribution in [2.75, 3.05) is 24.6 Å². The van der Waals surface area contributed by atoms with Crippen LogP contribution in [0.15, 0.2) is 24.3 Å². The van der Waals surface area contributed by atoms with Crippen molar-refractivity contribution in [1.82, 2.24) is 5.43 Å². The Morgan fingerprint density at radius 1 is 1.30 bits per heavy atom. The van der Waals surface area contributed by atoms with E-state index in [9.17, 15) is 4.79 Å². The highest BCUT2D eigenvalue weighted by Gasteiger charge is 2.03. The van der Waals surface area contributed by atoms with Crippen molar-refractivity contribution in [3.63, 3.8) is 0 Å². The highest BCUT2D eigenvalue weighted by atomic mass is 16.5. The molecule has 0 aliphatic carbocycles. The number of unbranched alkanes of at least 4 members (excludes halogenated alkanes) is 1. The summed E-state index contributed by atoms with van der Waals surface area (Å²) in [6, 6.07) is 8.11. The van der Waals surface area contributed by atoms with E-state index in [4.69, 9.17) is 10.6 Å². The van der Waals surface area contributed by atoms with Crippen molar-refractivity contribution >= 4 is 11.6 Å². The summed E-state index contributed by atoms with van der Waals surface area (Å²) in [5.74, 6) is 5.76. The Hall–Kier alpha value is -1.75. The molecule has 0 unspecified atom stereocenters. The van der Waals surface area contributed by atoms with Gasteiger partial charge in [-0.2, -0.15) is 0 Å². The van der Waals surface area contributed by atoms with Crippen molar-refractivity contribution in [3.05, 3.63) is 24.3 Å². The molecule has 1 aromatic carbocycles. The van der Waals surface area contributed by atoms with Gasteiger partial charge in [0.15, 0.2) is 0 Å². The van der Waals surface area contributed by atoms with Gasteiger partial charge < -0.3 is 9.64 Å². The number of anilines is 1. The summed E-state index contributed by atoms with van der Waals surface area (Å²) >= 11 is 0. The molecule has 0 saturated heterocycles. The van der Waals surface area contributed by atoms with E-state index < -0.39 is 0 Å². The van der Waals surface area contributed by atoms with E-state index in [2.05, 4.69) is 36.3 Å². The third-order valence-electron chi connectivity index (χ3n) is 3.17. The number of benzene rings is 1. The van der Waals surface area contributed by atoms with Crippen LogP contribution in [0.2, 0.25) is 0 Å². The fourth-order valence-electron chi connectivity index (χ4n) is 2.01. The Balaban J connectivity index is 2.37. The molecule has 0 aliphatic heterocycles. The van der Waals surface area contributed by atoms with E-state index in [1.165, 1.54) is 5.69 Å². The Labute approximate surface area is 121 Å². The van der Waals surface area contributed by atoms with Crippen molar-refractivity contribution in [2.45, 2.75) is 33.1 Å². The number of hydrogen-bond acceptors (Lipinski definition) is 4. The minimum Gasteiger partial charge on any atom is -0.494 e. The molecule has 1 aromatic rings. The summed E-state index contributed by atoms with van der Waals surface area (Å²) in [4.78, 5) is 13.2. The highest BCUT2D eigenvalue weighted by molar-refractivity contribution is 5.75. The quantitative estimate of drug-likeness (QED) is 0.314. The fourth-order valence-corrected chi connectivity index (χ4v) is 2.01. The maximum atomic E-state index is 10.9. The molecule has 112 valence electrons. The second kappa shape index (κ2) is 9.20. The number of ether oxygens (including phenoxy) is 1. The third-order valence-corrected chi connectivity index (χ3v) is 3.17. The number of carbonyl (C=O) groups excluding carboxylic acids is 1. The van der Waals surface area contributed by atoms with E-state index in [-0.39, 0.29) is 5.91 Å². The Morgan fingerprint density at radius 2 is 2.05 bits per heavy atom. The van der Waals surface area contributed by atoms with Crippen LogP contribution in [-0.4, -0.2) is 25.6 Å². The largest absolute Gasteiger partial charge is 0.494 e. The first kappa shape index (κ1) is 16.3. The van der Waals surface area contributed by atoms with Crippen molar-refractivity contribution in [1.29, 1.82) is 0 Å². The normalized spacial score (nSPS) is 10.2. The molecule has 0 aliphatic rings. The number of carbonyl (C=O) groups is 1. The topological polar surface area (TPSA) is 67.6 Å². The standard InChI is InChI=1S/C15H25N3O2/c1-3-18(4-2)13-8-7-9-14(12-13)20-11-6-5-10-15(19)17-16/h7-9,12H,3-6,10-11,16H2,1-2H3,(H,17,19). The second-order valence-corrected chi connectivity index (χ2v) is 4.54. The first-order chi connectivity index (χ1) is 9.71. The molecular formula is C15H25N3O2. The van der Waals surface area contributed by atoms with Crippen LogP contribution in [-0.2, 0) is 4.79 Å². The Morgan fingerprint density at radius 3 is 2.70 bits per heavy atom. The van der Waals surface area contributed by atoms with Crippen LogP contribution in [0.4, 0.5) is 5.69 Å². The van der Waals surface area contributed by atoms with Crippen LogP contribution >= 0.6 is 0 Å². The summed E-state index contributed by atoms with van der Waals surface area (Å²) in [5, 5.41) is 0. The average molecular weight is 279 g/mol. The summed E-state index contributed by atoms with van der Waals surface area (Å²) in [7, 11) is 0. The van der Waals surface area contributed by atoms with Crippen LogP contribution in [0.1, 0.15) is 33.1 Å². The van der Waals surface area contributed by atoms with E-state index >= 15 is 0 Å². The molecule has 0 saturated carbocycles. The lowest BCUT2D eigenvalue weighted by Gasteiger charge is -2.21. The third kappa shape index (κ3) is 5.48. The van der Waals surface area contributed by atoms with Gasteiger partial charge in [0.05, 0.1) is 6.61 Å². The molecule has 0 fully saturated rings. The number of hydrogen-bond donors (Lipinski definition) is 2. The van der Waals surface area contributed by atoms with Gasteiger partial charge in [0.1, 0.15) is 5.75 Å². The number of amides is 1. The molecule has 0 aromatic heterocycles. The second-order valence-electron chi connectivity index (χ2n) is 4.54. The van der Waals surface area contributed by atoms with Gasteiger partial charge in [-0.1, -0.05) is 6.07 Å². The lowest BCUT2D eigenvalue weighted by atomic mass is 10.2. The van der Waals surface area contributed by atoms with Gasteiger partial charge in [0.2, 0.25) is 5.91 Å². The minimum atomic E-state index is -0.131. The van der Waals surface area contributed by atoms with Gasteiger partial charge in [-0.25, -0.2) is 5.84 Å². The lowest BCUT2D eigenvalue weighted by Crippen LogP contribution is -2.29. The first-order valence-corrected chi connectivity index (χ1v) is 7.18. The zero-order valence-electron chi connectivity index (χ0n) is 12.4. The molecule has 0 radical (unpaired) electrons. The highest BCUT2D eigenvalue weighted by Crippen LogP contribution is 2.21. The maximum Gasteiger partial charge on any atom is 0.233 e. The molecule has 1 amide bonds. The summed E-state index contributed by atoms with van der Waals surface area (Å²) < 4.78 is 5.71. The molecule has 0 atom stereocenters. The predicted octanol–water partition coefficient (Wildman–Crippen LogP) is 2.07. The maximum absolute atomic E-state index is 10.9. The molecule has 1 rings (SSSR count). The number of rotatable bonds is 9. The van der Waals surface area contributed by atoms with Gasteiger partial charge in [0, 0.05) is 31.3 Å². The van der Waals surface area contributed by atoms with Gasteiger partial charge in [-0.3, -0.25) is 10.2 Å². The van der Waals surface area contributed by atoms with Gasteiger partial charge in [-0.15, -0.1) is 0 Å². The molecular weight excluding hydrogens is 254 g/mol. The van der Waals surface area contributed by atoms with E-state index in [0.717, 1.165) is 31.7 Å². The van der Waals surface area contributed by atoms with Crippen molar-refractivity contribution < 1.29 is 9.53 Å². The zero-order valence-corrected chi connectivity index (χ0v) is 12.4. The zero-order chi connectivity index (χ0) is 14.8. The summed E-state index contributed by atoms with van der Waals surface area (Å²) in [6.07, 6.45) is 2.06. The van der Waals surface area contributed by atoms with E-state index in [0.29, 0.717) is 13.0 Å². The van der Waals surface area contributed by atoms with Crippen molar-refractivity contribution in [2.24, 2.45) is 5.84 Å². The summed E-state index contributed by atoms with van der Waals surface area (Å²) in [6.45, 7) is 6.85. The van der Waals surface area contributed by atoms with Crippen LogP contribution in [0, 0.1) is 0 Å². The lowest BCUT2D eigenvalue weighted by molar-refractivity contribution is -0.121. The number of nitrogens with one attached hydrogen (secondary N) is 1. The fraction of sp³-hybridized carbons (Fsp3) is 0.533. The van der Waals surface area contributed by atoms with Gasteiger partial charge in [0.25, 0.3) is 0 Å². The van der Waals surface area contributed by atoms with Crippen LogP contribution in [0.3, 0.4) is 0 Å². The smallest absolute Gasteiger partial charge is 0.233 e. The Bertz CT molecular complexity index is 406. The van der Waals surface area contributed by atoms with Crippen molar-refractivity contribution in [3.8, 4) is 5.75 Å².